The third-order valence-corrected chi connectivity index (χ3v) is 4.39. The van der Waals surface area contributed by atoms with E-state index in [1.165, 1.54) is 18.4 Å². The summed E-state index contributed by atoms with van der Waals surface area (Å²) in [5.41, 5.74) is 5.08. The molecule has 0 bridgehead atoms. The highest BCUT2D eigenvalue weighted by Crippen LogP contribution is 2.21. The number of nitrogen functional groups attached to an aromatic ring is 1. The number of hydrogen-bond donors (Lipinski definition) is 2. The van der Waals surface area contributed by atoms with Crippen molar-refractivity contribution in [3.8, 4) is 0 Å². The third-order valence-electron chi connectivity index (χ3n) is 2.75. The van der Waals surface area contributed by atoms with E-state index < -0.39 is 21.9 Å². The first-order valence-electron chi connectivity index (χ1n) is 5.99. The molecule has 7 heteroatoms. The molecule has 0 radical (unpaired) electrons. The van der Waals surface area contributed by atoms with Crippen LogP contribution in [0.25, 0.3) is 0 Å². The van der Waals surface area contributed by atoms with Gasteiger partial charge in [0.1, 0.15) is 16.5 Å². The monoisotopic (exact) mass is 298 g/mol. The van der Waals surface area contributed by atoms with Crippen molar-refractivity contribution >= 4 is 15.7 Å². The van der Waals surface area contributed by atoms with Crippen LogP contribution in [0.1, 0.15) is 12.7 Å². The average molecular weight is 298 g/mol. The third kappa shape index (κ3) is 3.17. The molecule has 1 atom stereocenters. The summed E-state index contributed by atoms with van der Waals surface area (Å²) in [5.74, 6) is -0.0982. The summed E-state index contributed by atoms with van der Waals surface area (Å²) in [6, 6.07) is 6.75. The summed E-state index contributed by atoms with van der Waals surface area (Å²) in [7, 11) is -3.87. The van der Waals surface area contributed by atoms with Gasteiger partial charge in [0, 0.05) is 12.5 Å². The van der Waals surface area contributed by atoms with Gasteiger partial charge in [0.25, 0.3) is 0 Å². The second-order valence-corrected chi connectivity index (χ2v) is 6.14. The molecule has 1 unspecified atom stereocenters. The molecule has 1 aromatic carbocycles. The van der Waals surface area contributed by atoms with Crippen LogP contribution in [-0.4, -0.2) is 14.5 Å². The first-order chi connectivity index (χ1) is 9.40. The van der Waals surface area contributed by atoms with E-state index in [9.17, 15) is 12.8 Å². The minimum atomic E-state index is -3.87. The molecule has 1 aromatic heterocycles. The van der Waals surface area contributed by atoms with E-state index in [2.05, 4.69) is 4.72 Å². The topological polar surface area (TPSA) is 85.3 Å². The molecule has 0 aliphatic heterocycles. The molecular formula is C13H15FN2O3S. The smallest absolute Gasteiger partial charge is 0.242 e. The lowest BCUT2D eigenvalue weighted by Gasteiger charge is -2.14. The number of sulfonamides is 1. The Labute approximate surface area is 116 Å². The second kappa shape index (κ2) is 5.64. The Kier molecular flexibility index (Phi) is 4.10. The lowest BCUT2D eigenvalue weighted by atomic mass is 10.2. The summed E-state index contributed by atoms with van der Waals surface area (Å²) in [6.45, 7) is 1.69. The van der Waals surface area contributed by atoms with Crippen molar-refractivity contribution in [3.63, 3.8) is 0 Å². The van der Waals surface area contributed by atoms with Gasteiger partial charge < -0.3 is 10.2 Å². The highest BCUT2D eigenvalue weighted by atomic mass is 32.2. The molecule has 20 heavy (non-hydrogen) atoms. The van der Waals surface area contributed by atoms with Gasteiger partial charge in [-0.15, -0.1) is 0 Å². The number of nitrogens with two attached hydrogens (primary N) is 1. The van der Waals surface area contributed by atoms with Crippen LogP contribution in [0.2, 0.25) is 0 Å². The summed E-state index contributed by atoms with van der Waals surface area (Å²) < 4.78 is 45.2. The van der Waals surface area contributed by atoms with Crippen molar-refractivity contribution in [3.05, 3.63) is 48.2 Å². The number of nitrogens with one attached hydrogen (secondary N) is 1. The molecule has 0 saturated carbocycles. The molecule has 0 aliphatic carbocycles. The zero-order valence-corrected chi connectivity index (χ0v) is 11.7. The Balaban J connectivity index is 2.16. The van der Waals surface area contributed by atoms with Gasteiger partial charge in [-0.3, -0.25) is 0 Å². The number of halogens is 1. The SMILES string of the molecule is CC(Cc1ccco1)NS(=O)(=O)c1cccc(F)c1N. The van der Waals surface area contributed by atoms with Gasteiger partial charge in [0.2, 0.25) is 10.0 Å². The van der Waals surface area contributed by atoms with E-state index in [-0.39, 0.29) is 10.6 Å². The second-order valence-electron chi connectivity index (χ2n) is 4.46. The number of para-hydroxylation sites is 1. The van der Waals surface area contributed by atoms with Crippen molar-refractivity contribution in [2.75, 3.05) is 5.73 Å². The van der Waals surface area contributed by atoms with E-state index in [1.54, 1.807) is 19.1 Å². The molecule has 2 rings (SSSR count). The summed E-state index contributed by atoms with van der Waals surface area (Å²) in [4.78, 5) is -0.260. The predicted molar refractivity (Wildman–Crippen MR) is 73.0 cm³/mol. The Bertz CT molecular complexity index is 684. The van der Waals surface area contributed by atoms with Gasteiger partial charge in [-0.05, 0) is 31.2 Å². The summed E-state index contributed by atoms with van der Waals surface area (Å²) in [6.07, 6.45) is 1.91. The van der Waals surface area contributed by atoms with Gasteiger partial charge in [0.15, 0.2) is 0 Å². The van der Waals surface area contributed by atoms with E-state index in [1.807, 2.05) is 0 Å². The summed E-state index contributed by atoms with van der Waals surface area (Å²) in [5, 5.41) is 0. The zero-order valence-electron chi connectivity index (χ0n) is 10.8. The maximum Gasteiger partial charge on any atom is 0.242 e. The molecular weight excluding hydrogens is 283 g/mol. The van der Waals surface area contributed by atoms with Gasteiger partial charge in [-0.1, -0.05) is 6.07 Å². The zero-order chi connectivity index (χ0) is 14.8. The van der Waals surface area contributed by atoms with E-state index in [0.717, 1.165) is 6.07 Å². The van der Waals surface area contributed by atoms with Gasteiger partial charge >= 0.3 is 0 Å². The Hall–Kier alpha value is -1.86. The minimum absolute atomic E-state index is 0.260. The summed E-state index contributed by atoms with van der Waals surface area (Å²) >= 11 is 0. The molecule has 2 aromatic rings. The largest absolute Gasteiger partial charge is 0.469 e. The van der Waals surface area contributed by atoms with Gasteiger partial charge in [-0.25, -0.2) is 17.5 Å². The molecule has 0 amide bonds. The van der Waals surface area contributed by atoms with Crippen LogP contribution in [0.4, 0.5) is 10.1 Å². The fourth-order valence-electron chi connectivity index (χ4n) is 1.85. The van der Waals surface area contributed by atoms with Crippen LogP contribution >= 0.6 is 0 Å². The van der Waals surface area contributed by atoms with Crippen LogP contribution < -0.4 is 10.5 Å². The number of benzene rings is 1. The fourth-order valence-corrected chi connectivity index (χ4v) is 3.24. The normalized spacial score (nSPS) is 13.3. The van der Waals surface area contributed by atoms with Crippen LogP contribution in [0.15, 0.2) is 45.9 Å². The highest BCUT2D eigenvalue weighted by molar-refractivity contribution is 7.89. The van der Waals surface area contributed by atoms with Crippen molar-refractivity contribution < 1.29 is 17.2 Å². The van der Waals surface area contributed by atoms with E-state index in [0.29, 0.717) is 12.2 Å². The molecule has 0 spiro atoms. The highest BCUT2D eigenvalue weighted by Gasteiger charge is 2.22. The van der Waals surface area contributed by atoms with Crippen molar-refractivity contribution in [2.45, 2.75) is 24.3 Å². The predicted octanol–water partition coefficient (Wildman–Crippen LogP) is 1.91. The van der Waals surface area contributed by atoms with E-state index in [4.69, 9.17) is 10.2 Å². The van der Waals surface area contributed by atoms with Crippen molar-refractivity contribution in [1.82, 2.24) is 4.72 Å². The minimum Gasteiger partial charge on any atom is -0.469 e. The molecule has 5 nitrogen and oxygen atoms in total. The van der Waals surface area contributed by atoms with Crippen molar-refractivity contribution in [1.29, 1.82) is 0 Å². The van der Waals surface area contributed by atoms with E-state index >= 15 is 0 Å². The number of anilines is 1. The Morgan fingerprint density at radius 3 is 2.75 bits per heavy atom. The Morgan fingerprint density at radius 1 is 1.35 bits per heavy atom. The lowest BCUT2D eigenvalue weighted by Crippen LogP contribution is -2.34. The Morgan fingerprint density at radius 2 is 2.10 bits per heavy atom. The molecule has 108 valence electrons. The first-order valence-corrected chi connectivity index (χ1v) is 7.47. The molecule has 0 saturated heterocycles. The average Bonchev–Trinajstić information content (AvgIpc) is 2.84. The lowest BCUT2D eigenvalue weighted by molar-refractivity contribution is 0.479. The standard InChI is InChI=1S/C13H15FN2O3S/c1-9(8-10-4-3-7-19-10)16-20(17,18)12-6-2-5-11(14)13(12)15/h2-7,9,16H,8,15H2,1H3. The quantitative estimate of drug-likeness (QED) is 0.826. The number of rotatable bonds is 5. The van der Waals surface area contributed by atoms with Crippen LogP contribution in [-0.2, 0) is 16.4 Å². The maximum atomic E-state index is 13.3. The molecule has 3 N–H and O–H groups in total. The molecule has 0 fully saturated rings. The van der Waals surface area contributed by atoms with Gasteiger partial charge in [-0.2, -0.15) is 0 Å². The number of hydrogen-bond acceptors (Lipinski definition) is 4. The molecule has 1 heterocycles. The van der Waals surface area contributed by atoms with Crippen LogP contribution in [0.3, 0.4) is 0 Å². The molecule has 0 aliphatic rings. The first kappa shape index (κ1) is 14.5. The number of furan rings is 1. The van der Waals surface area contributed by atoms with Gasteiger partial charge in [0.05, 0.1) is 12.0 Å². The van der Waals surface area contributed by atoms with Crippen LogP contribution in [0.5, 0.6) is 0 Å². The maximum absolute atomic E-state index is 13.3. The van der Waals surface area contributed by atoms with Crippen molar-refractivity contribution in [2.24, 2.45) is 0 Å². The fraction of sp³-hybridized carbons (Fsp3) is 0.231. The van der Waals surface area contributed by atoms with Crippen LogP contribution in [0, 0.1) is 5.82 Å².